The Labute approximate surface area is 110 Å². The van der Waals surface area contributed by atoms with Crippen LogP contribution in [0.25, 0.3) is 0 Å². The summed E-state index contributed by atoms with van der Waals surface area (Å²) in [6.07, 6.45) is 10.5. The van der Waals surface area contributed by atoms with Crippen LogP contribution in [0.5, 0.6) is 0 Å². The van der Waals surface area contributed by atoms with Crippen molar-refractivity contribution < 1.29 is 9.53 Å². The van der Waals surface area contributed by atoms with Crippen LogP contribution in [0.2, 0.25) is 0 Å². The Balaban J connectivity index is 1.85. The second-order valence-electron chi connectivity index (χ2n) is 6.78. The third-order valence-electron chi connectivity index (χ3n) is 5.52. The molecule has 0 aromatic heterocycles. The maximum atomic E-state index is 11.6. The molecule has 0 spiro atoms. The van der Waals surface area contributed by atoms with Crippen LogP contribution in [-0.4, -0.2) is 12.1 Å². The zero-order chi connectivity index (χ0) is 12.8. The number of esters is 1. The molecule has 0 aromatic carbocycles. The van der Waals surface area contributed by atoms with Gasteiger partial charge in [0.1, 0.15) is 6.10 Å². The van der Waals surface area contributed by atoms with E-state index in [1.165, 1.54) is 51.0 Å². The Bertz CT molecular complexity index is 346. The molecule has 4 bridgehead atoms. The predicted molar refractivity (Wildman–Crippen MR) is 71.0 cm³/mol. The summed E-state index contributed by atoms with van der Waals surface area (Å²) in [6.45, 7) is 5.79. The molecular weight excluding hydrogens is 224 g/mol. The minimum atomic E-state index is -0.219. The van der Waals surface area contributed by atoms with Gasteiger partial charge in [0.05, 0.1) is 0 Å². The van der Waals surface area contributed by atoms with Crippen molar-refractivity contribution in [3.05, 3.63) is 12.7 Å². The van der Waals surface area contributed by atoms with Crippen LogP contribution in [0.3, 0.4) is 0 Å². The zero-order valence-electron chi connectivity index (χ0n) is 11.4. The first-order valence-electron chi connectivity index (χ1n) is 7.50. The van der Waals surface area contributed by atoms with Crippen molar-refractivity contribution in [2.24, 2.45) is 23.2 Å². The second-order valence-corrected chi connectivity index (χ2v) is 6.78. The maximum Gasteiger partial charge on any atom is 0.330 e. The van der Waals surface area contributed by atoms with Gasteiger partial charge < -0.3 is 4.74 Å². The van der Waals surface area contributed by atoms with Crippen LogP contribution in [0, 0.1) is 23.2 Å². The lowest BCUT2D eigenvalue weighted by molar-refractivity contribution is -0.191. The summed E-state index contributed by atoms with van der Waals surface area (Å²) >= 11 is 0. The molecule has 0 N–H and O–H groups in total. The molecule has 0 aromatic rings. The summed E-state index contributed by atoms with van der Waals surface area (Å²) in [5, 5.41) is 0. The van der Waals surface area contributed by atoms with Gasteiger partial charge in [-0.2, -0.15) is 0 Å². The van der Waals surface area contributed by atoms with Gasteiger partial charge in [0, 0.05) is 11.5 Å². The fraction of sp³-hybridized carbons (Fsp3) is 0.812. The summed E-state index contributed by atoms with van der Waals surface area (Å²) in [5.74, 6) is 2.23. The van der Waals surface area contributed by atoms with E-state index in [1.54, 1.807) is 0 Å². The number of rotatable bonds is 4. The third kappa shape index (κ3) is 1.81. The predicted octanol–water partition coefficient (Wildman–Crippen LogP) is 3.71. The van der Waals surface area contributed by atoms with Gasteiger partial charge in [0.2, 0.25) is 0 Å². The van der Waals surface area contributed by atoms with Crippen LogP contribution < -0.4 is 0 Å². The van der Waals surface area contributed by atoms with Crippen LogP contribution in [-0.2, 0) is 9.53 Å². The minimum Gasteiger partial charge on any atom is -0.458 e. The van der Waals surface area contributed by atoms with E-state index in [-0.39, 0.29) is 12.1 Å². The monoisotopic (exact) mass is 248 g/mol. The van der Waals surface area contributed by atoms with Crippen molar-refractivity contribution in [1.82, 2.24) is 0 Å². The normalized spacial score (nSPS) is 44.9. The maximum absolute atomic E-state index is 11.6. The van der Waals surface area contributed by atoms with Crippen LogP contribution in [0.4, 0.5) is 0 Å². The first-order valence-corrected chi connectivity index (χ1v) is 7.50. The van der Waals surface area contributed by atoms with Crippen molar-refractivity contribution in [1.29, 1.82) is 0 Å². The van der Waals surface area contributed by atoms with Crippen LogP contribution in [0.15, 0.2) is 12.7 Å². The molecule has 0 aliphatic heterocycles. The van der Waals surface area contributed by atoms with E-state index < -0.39 is 0 Å². The van der Waals surface area contributed by atoms with Crippen molar-refractivity contribution in [3.8, 4) is 0 Å². The van der Waals surface area contributed by atoms with Gasteiger partial charge in [0.15, 0.2) is 0 Å². The average Bonchev–Trinajstić information content (AvgIpc) is 2.33. The van der Waals surface area contributed by atoms with Crippen molar-refractivity contribution in [2.75, 3.05) is 0 Å². The smallest absolute Gasteiger partial charge is 0.330 e. The average molecular weight is 248 g/mol. The molecule has 0 radical (unpaired) electrons. The van der Waals surface area contributed by atoms with E-state index in [1.807, 2.05) is 0 Å². The lowest BCUT2D eigenvalue weighted by Crippen LogP contribution is -2.57. The van der Waals surface area contributed by atoms with Gasteiger partial charge in [-0.25, -0.2) is 4.79 Å². The molecule has 100 valence electrons. The lowest BCUT2D eigenvalue weighted by atomic mass is 9.47. The zero-order valence-corrected chi connectivity index (χ0v) is 11.4. The van der Waals surface area contributed by atoms with E-state index in [9.17, 15) is 4.79 Å². The quantitative estimate of drug-likeness (QED) is 0.560. The van der Waals surface area contributed by atoms with Crippen molar-refractivity contribution >= 4 is 5.97 Å². The minimum absolute atomic E-state index is 0.177. The second kappa shape index (κ2) is 4.40. The third-order valence-corrected chi connectivity index (χ3v) is 5.52. The van der Waals surface area contributed by atoms with Crippen molar-refractivity contribution in [3.63, 3.8) is 0 Å². The Morgan fingerprint density at radius 1 is 1.33 bits per heavy atom. The van der Waals surface area contributed by atoms with Gasteiger partial charge in [-0.05, 0) is 56.3 Å². The summed E-state index contributed by atoms with van der Waals surface area (Å²) in [7, 11) is 0. The van der Waals surface area contributed by atoms with Crippen LogP contribution in [0.1, 0.15) is 51.9 Å². The lowest BCUT2D eigenvalue weighted by Gasteiger charge is -2.60. The Morgan fingerprint density at radius 3 is 2.56 bits per heavy atom. The number of hydrogen-bond acceptors (Lipinski definition) is 2. The topological polar surface area (TPSA) is 26.3 Å². The molecule has 4 saturated carbocycles. The molecule has 2 heteroatoms. The molecule has 18 heavy (non-hydrogen) atoms. The van der Waals surface area contributed by atoms with Gasteiger partial charge in [0.25, 0.3) is 0 Å². The highest BCUT2D eigenvalue weighted by Crippen LogP contribution is 2.62. The summed E-state index contributed by atoms with van der Waals surface area (Å²) in [4.78, 5) is 11.6. The molecule has 4 rings (SSSR count). The molecular formula is C16H24O2. The Morgan fingerprint density at radius 2 is 2.00 bits per heavy atom. The van der Waals surface area contributed by atoms with E-state index >= 15 is 0 Å². The molecule has 3 unspecified atom stereocenters. The van der Waals surface area contributed by atoms with E-state index in [2.05, 4.69) is 13.5 Å². The molecule has 4 aliphatic carbocycles. The highest BCUT2D eigenvalue weighted by Gasteiger charge is 2.57. The van der Waals surface area contributed by atoms with E-state index in [0.29, 0.717) is 11.3 Å². The largest absolute Gasteiger partial charge is 0.458 e. The van der Waals surface area contributed by atoms with E-state index in [0.717, 1.165) is 11.8 Å². The first-order chi connectivity index (χ1) is 8.66. The first kappa shape index (κ1) is 12.3. The number of carbonyl (C=O) groups is 1. The number of hydrogen-bond donors (Lipinski definition) is 0. The van der Waals surface area contributed by atoms with Gasteiger partial charge in [-0.3, -0.25) is 0 Å². The molecule has 0 amide bonds. The SMILES string of the molecule is C=CC(=O)OC1C2CC3CC(C2)CC1(CCC)C3. The summed E-state index contributed by atoms with van der Waals surface area (Å²) in [5.41, 5.74) is 0.308. The number of ether oxygens (including phenoxy) is 1. The van der Waals surface area contributed by atoms with Gasteiger partial charge >= 0.3 is 5.97 Å². The summed E-state index contributed by atoms with van der Waals surface area (Å²) < 4.78 is 5.78. The van der Waals surface area contributed by atoms with Crippen LogP contribution >= 0.6 is 0 Å². The van der Waals surface area contributed by atoms with Gasteiger partial charge in [-0.15, -0.1) is 0 Å². The molecule has 2 nitrogen and oxygen atoms in total. The van der Waals surface area contributed by atoms with Crippen molar-refractivity contribution in [2.45, 2.75) is 58.0 Å². The fourth-order valence-electron chi connectivity index (χ4n) is 5.40. The molecule has 3 atom stereocenters. The highest BCUT2D eigenvalue weighted by atomic mass is 16.5. The molecule has 4 aliphatic rings. The standard InChI is InChI=1S/C16H24O2/c1-3-5-16-9-11-6-12(10-16)8-13(7-11)15(16)18-14(17)4-2/h4,11-13,15H,2-3,5-10H2,1H3. The molecule has 4 fully saturated rings. The van der Waals surface area contributed by atoms with Gasteiger partial charge in [-0.1, -0.05) is 19.9 Å². The molecule has 0 heterocycles. The van der Waals surface area contributed by atoms with E-state index in [4.69, 9.17) is 4.74 Å². The Hall–Kier alpha value is -0.790. The molecule has 0 saturated heterocycles. The highest BCUT2D eigenvalue weighted by molar-refractivity contribution is 5.81. The fourth-order valence-corrected chi connectivity index (χ4v) is 5.40. The Kier molecular flexibility index (Phi) is 2.99. The summed E-state index contributed by atoms with van der Waals surface area (Å²) in [6, 6.07) is 0. The number of carbonyl (C=O) groups excluding carboxylic acids is 1.